The van der Waals surface area contributed by atoms with Gasteiger partial charge in [-0.25, -0.2) is 9.50 Å². The van der Waals surface area contributed by atoms with Gasteiger partial charge in [-0.1, -0.05) is 0 Å². The molecule has 84 valence electrons. The van der Waals surface area contributed by atoms with Crippen molar-refractivity contribution in [1.82, 2.24) is 24.1 Å². The van der Waals surface area contributed by atoms with Gasteiger partial charge in [-0.2, -0.15) is 5.10 Å². The SMILES string of the molecule is Cc1ccc(-n2ccn3ncnc3c2=O)cn1. The van der Waals surface area contributed by atoms with Crippen LogP contribution in [0.3, 0.4) is 0 Å². The standard InChI is InChI=1S/C11H9N5O/c1-8-2-3-9(6-12-8)15-4-5-16-10(11(15)17)13-7-14-16/h2-7H,1H3. The fourth-order valence-corrected chi connectivity index (χ4v) is 1.62. The van der Waals surface area contributed by atoms with Crippen LogP contribution in [0.4, 0.5) is 0 Å². The minimum Gasteiger partial charge on any atom is -0.278 e. The zero-order valence-electron chi connectivity index (χ0n) is 9.11. The molecule has 0 unspecified atom stereocenters. The highest BCUT2D eigenvalue weighted by atomic mass is 16.1. The minimum atomic E-state index is -0.212. The number of pyridine rings is 1. The molecule has 6 nitrogen and oxygen atoms in total. The summed E-state index contributed by atoms with van der Waals surface area (Å²) in [5.41, 5.74) is 1.71. The molecule has 3 aromatic heterocycles. The van der Waals surface area contributed by atoms with E-state index < -0.39 is 0 Å². The number of fused-ring (bicyclic) bond motifs is 1. The van der Waals surface area contributed by atoms with E-state index in [0.29, 0.717) is 11.3 Å². The molecule has 0 aromatic carbocycles. The van der Waals surface area contributed by atoms with Gasteiger partial charge < -0.3 is 0 Å². The van der Waals surface area contributed by atoms with Crippen LogP contribution in [0.1, 0.15) is 5.69 Å². The van der Waals surface area contributed by atoms with Crippen molar-refractivity contribution in [2.75, 3.05) is 0 Å². The van der Waals surface area contributed by atoms with Crippen LogP contribution in [0.2, 0.25) is 0 Å². The van der Waals surface area contributed by atoms with Gasteiger partial charge in [0, 0.05) is 18.1 Å². The van der Waals surface area contributed by atoms with Gasteiger partial charge in [0.25, 0.3) is 5.56 Å². The van der Waals surface area contributed by atoms with E-state index in [1.165, 1.54) is 15.4 Å². The number of hydrogen-bond acceptors (Lipinski definition) is 4. The molecule has 0 saturated carbocycles. The van der Waals surface area contributed by atoms with Gasteiger partial charge in [0.05, 0.1) is 11.9 Å². The maximum atomic E-state index is 12.1. The second-order valence-corrected chi connectivity index (χ2v) is 3.66. The smallest absolute Gasteiger partial charge is 0.278 e. The zero-order valence-corrected chi connectivity index (χ0v) is 9.11. The lowest BCUT2D eigenvalue weighted by Gasteiger charge is -2.04. The van der Waals surface area contributed by atoms with Crippen LogP contribution in [0.15, 0.2) is 41.8 Å². The highest BCUT2D eigenvalue weighted by Crippen LogP contribution is 2.04. The van der Waals surface area contributed by atoms with Gasteiger partial charge in [0.15, 0.2) is 0 Å². The van der Waals surface area contributed by atoms with Crippen LogP contribution in [0.25, 0.3) is 11.3 Å². The summed E-state index contributed by atoms with van der Waals surface area (Å²) in [6, 6.07) is 3.70. The Morgan fingerprint density at radius 2 is 2.06 bits per heavy atom. The number of hydrogen-bond donors (Lipinski definition) is 0. The molecule has 17 heavy (non-hydrogen) atoms. The highest BCUT2D eigenvalue weighted by Gasteiger charge is 2.06. The van der Waals surface area contributed by atoms with Gasteiger partial charge in [-0.3, -0.25) is 14.3 Å². The monoisotopic (exact) mass is 227 g/mol. The van der Waals surface area contributed by atoms with Crippen molar-refractivity contribution in [2.24, 2.45) is 0 Å². The summed E-state index contributed by atoms with van der Waals surface area (Å²) < 4.78 is 2.94. The van der Waals surface area contributed by atoms with E-state index in [9.17, 15) is 4.79 Å². The molecule has 0 N–H and O–H groups in total. The Labute approximate surface area is 96.2 Å². The number of aromatic nitrogens is 5. The molecular weight excluding hydrogens is 218 g/mol. The van der Waals surface area contributed by atoms with Crippen LogP contribution in [-0.2, 0) is 0 Å². The Balaban J connectivity index is 2.27. The zero-order chi connectivity index (χ0) is 11.8. The summed E-state index contributed by atoms with van der Waals surface area (Å²) in [6.07, 6.45) is 6.35. The third-order valence-corrected chi connectivity index (χ3v) is 2.51. The lowest BCUT2D eigenvalue weighted by Crippen LogP contribution is -2.20. The molecule has 0 bridgehead atoms. The van der Waals surface area contributed by atoms with Gasteiger partial charge in [0.1, 0.15) is 6.33 Å². The molecular formula is C11H9N5O. The van der Waals surface area contributed by atoms with Crippen LogP contribution >= 0.6 is 0 Å². The van der Waals surface area contributed by atoms with Crippen LogP contribution < -0.4 is 5.56 Å². The molecule has 0 aliphatic carbocycles. The first-order valence-corrected chi connectivity index (χ1v) is 5.10. The Kier molecular flexibility index (Phi) is 2.01. The van der Waals surface area contributed by atoms with Crippen LogP contribution in [0, 0.1) is 6.92 Å². The number of rotatable bonds is 1. The summed E-state index contributed by atoms with van der Waals surface area (Å²) in [4.78, 5) is 20.2. The first kappa shape index (κ1) is 9.71. The normalized spacial score (nSPS) is 10.9. The van der Waals surface area contributed by atoms with E-state index in [2.05, 4.69) is 15.1 Å². The molecule has 0 aliphatic heterocycles. The van der Waals surface area contributed by atoms with Crippen LogP contribution in [0.5, 0.6) is 0 Å². The average Bonchev–Trinajstić information content (AvgIpc) is 2.80. The molecule has 0 radical (unpaired) electrons. The van der Waals surface area contributed by atoms with E-state index in [1.54, 1.807) is 18.6 Å². The van der Waals surface area contributed by atoms with Crippen molar-refractivity contribution in [3.63, 3.8) is 0 Å². The van der Waals surface area contributed by atoms with Crippen molar-refractivity contribution >= 4 is 5.65 Å². The Morgan fingerprint density at radius 1 is 1.18 bits per heavy atom. The third-order valence-electron chi connectivity index (χ3n) is 2.51. The molecule has 0 aliphatic rings. The fraction of sp³-hybridized carbons (Fsp3) is 0.0909. The molecule has 0 saturated heterocycles. The highest BCUT2D eigenvalue weighted by molar-refractivity contribution is 5.38. The molecule has 0 atom stereocenters. The summed E-state index contributed by atoms with van der Waals surface area (Å²) in [6.45, 7) is 1.90. The molecule has 3 rings (SSSR count). The summed E-state index contributed by atoms with van der Waals surface area (Å²) in [5, 5.41) is 3.91. The molecule has 6 heteroatoms. The Morgan fingerprint density at radius 3 is 2.82 bits per heavy atom. The van der Waals surface area contributed by atoms with Crippen molar-refractivity contribution in [2.45, 2.75) is 6.92 Å². The summed E-state index contributed by atoms with van der Waals surface area (Å²) in [7, 11) is 0. The minimum absolute atomic E-state index is 0.212. The van der Waals surface area contributed by atoms with Gasteiger partial charge in [0.2, 0.25) is 5.65 Å². The summed E-state index contributed by atoms with van der Waals surface area (Å²) in [5.74, 6) is 0. The quantitative estimate of drug-likeness (QED) is 0.610. The number of nitrogens with zero attached hydrogens (tertiary/aromatic N) is 5. The topological polar surface area (TPSA) is 65.1 Å². The maximum Gasteiger partial charge on any atom is 0.300 e. The molecule has 0 fully saturated rings. The summed E-state index contributed by atoms with van der Waals surface area (Å²) >= 11 is 0. The van der Waals surface area contributed by atoms with E-state index in [-0.39, 0.29) is 5.56 Å². The fourth-order valence-electron chi connectivity index (χ4n) is 1.62. The second-order valence-electron chi connectivity index (χ2n) is 3.66. The Bertz CT molecular complexity index is 725. The Hall–Kier alpha value is -2.50. The lowest BCUT2D eigenvalue weighted by molar-refractivity contribution is 0.884. The predicted octanol–water partition coefficient (Wildman–Crippen LogP) is 0.584. The van der Waals surface area contributed by atoms with Gasteiger partial charge in [-0.15, -0.1) is 0 Å². The van der Waals surface area contributed by atoms with Crippen molar-refractivity contribution < 1.29 is 0 Å². The van der Waals surface area contributed by atoms with Crippen LogP contribution in [-0.4, -0.2) is 24.1 Å². The van der Waals surface area contributed by atoms with Gasteiger partial charge >= 0.3 is 0 Å². The van der Waals surface area contributed by atoms with Crippen molar-refractivity contribution in [3.05, 3.63) is 53.1 Å². The molecule has 3 heterocycles. The number of aryl methyl sites for hydroxylation is 1. The van der Waals surface area contributed by atoms with Crippen molar-refractivity contribution in [1.29, 1.82) is 0 Å². The third kappa shape index (κ3) is 1.50. The first-order valence-electron chi connectivity index (χ1n) is 5.10. The molecule has 0 amide bonds. The maximum absolute atomic E-state index is 12.1. The first-order chi connectivity index (χ1) is 8.25. The molecule has 0 spiro atoms. The average molecular weight is 227 g/mol. The lowest BCUT2D eigenvalue weighted by atomic mass is 10.3. The molecule has 3 aromatic rings. The predicted molar refractivity (Wildman–Crippen MR) is 61.1 cm³/mol. The van der Waals surface area contributed by atoms with E-state index in [4.69, 9.17) is 0 Å². The largest absolute Gasteiger partial charge is 0.300 e. The second kappa shape index (κ2) is 3.51. The van der Waals surface area contributed by atoms with Crippen molar-refractivity contribution in [3.8, 4) is 5.69 Å². The van der Waals surface area contributed by atoms with E-state index in [0.717, 1.165) is 5.69 Å². The van der Waals surface area contributed by atoms with E-state index >= 15 is 0 Å². The van der Waals surface area contributed by atoms with Gasteiger partial charge in [-0.05, 0) is 19.1 Å². The van der Waals surface area contributed by atoms with E-state index in [1.807, 2.05) is 19.1 Å².